The Balaban J connectivity index is 2.84. The average molecular weight is 149 g/mol. The first-order chi connectivity index (χ1) is 5.24. The van der Waals surface area contributed by atoms with Gasteiger partial charge in [-0.25, -0.2) is 0 Å². The van der Waals surface area contributed by atoms with Crippen LogP contribution in [0.1, 0.15) is 20.3 Å². The van der Waals surface area contributed by atoms with Crippen LogP contribution in [0.4, 0.5) is 0 Å². The van der Waals surface area contributed by atoms with Gasteiger partial charge in [0, 0.05) is 6.04 Å². The molecule has 0 spiro atoms. The van der Waals surface area contributed by atoms with E-state index in [1.165, 1.54) is 11.1 Å². The fourth-order valence-electron chi connectivity index (χ4n) is 1.02. The highest BCUT2D eigenvalue weighted by molar-refractivity contribution is 5.33. The van der Waals surface area contributed by atoms with E-state index >= 15 is 0 Å². The van der Waals surface area contributed by atoms with Gasteiger partial charge in [-0.05, 0) is 18.9 Å². The first-order valence-electron chi connectivity index (χ1n) is 4.05. The van der Waals surface area contributed by atoms with Gasteiger partial charge in [0.05, 0.1) is 0 Å². The lowest BCUT2D eigenvalue weighted by Crippen LogP contribution is -2.17. The summed E-state index contributed by atoms with van der Waals surface area (Å²) in [5, 5.41) is 0. The van der Waals surface area contributed by atoms with E-state index in [0.29, 0.717) is 0 Å². The summed E-state index contributed by atoms with van der Waals surface area (Å²) < 4.78 is 0. The Morgan fingerprint density at radius 3 is 2.82 bits per heavy atom. The molecule has 11 heavy (non-hydrogen) atoms. The molecular weight excluding hydrogens is 134 g/mol. The number of rotatable bonds is 1. The molecule has 1 nitrogen and oxygen atoms in total. The minimum absolute atomic E-state index is 0.107. The molecule has 2 N–H and O–H groups in total. The Morgan fingerprint density at radius 1 is 1.45 bits per heavy atom. The Hall–Kier alpha value is -0.820. The Bertz CT molecular complexity index is 221. The van der Waals surface area contributed by atoms with Crippen molar-refractivity contribution >= 4 is 0 Å². The maximum atomic E-state index is 5.81. The van der Waals surface area contributed by atoms with Gasteiger partial charge in [0.15, 0.2) is 0 Å². The third kappa shape index (κ3) is 2.05. The Labute approximate surface area is 68.3 Å². The third-order valence-electron chi connectivity index (χ3n) is 2.01. The summed E-state index contributed by atoms with van der Waals surface area (Å²) in [5.41, 5.74) is 8.38. The lowest BCUT2D eigenvalue weighted by atomic mass is 10.1. The van der Waals surface area contributed by atoms with E-state index in [2.05, 4.69) is 32.1 Å². The van der Waals surface area contributed by atoms with Crippen LogP contribution < -0.4 is 5.73 Å². The summed E-state index contributed by atoms with van der Waals surface area (Å²) in [6.07, 6.45) is 9.47. The Morgan fingerprint density at radius 2 is 2.18 bits per heavy atom. The molecule has 60 valence electrons. The molecule has 0 saturated heterocycles. The van der Waals surface area contributed by atoms with Crippen molar-refractivity contribution in [2.75, 3.05) is 0 Å². The molecule has 0 aliphatic heterocycles. The molecule has 0 aromatic heterocycles. The van der Waals surface area contributed by atoms with Gasteiger partial charge in [-0.15, -0.1) is 0 Å². The van der Waals surface area contributed by atoms with E-state index in [-0.39, 0.29) is 6.04 Å². The van der Waals surface area contributed by atoms with Gasteiger partial charge in [-0.2, -0.15) is 0 Å². The average Bonchev–Trinajstić information content (AvgIpc) is 2.16. The van der Waals surface area contributed by atoms with Crippen molar-refractivity contribution in [2.45, 2.75) is 26.3 Å². The van der Waals surface area contributed by atoms with E-state index in [9.17, 15) is 0 Å². The van der Waals surface area contributed by atoms with Crippen molar-refractivity contribution in [2.24, 2.45) is 5.73 Å². The highest BCUT2D eigenvalue weighted by Gasteiger charge is 2.01. The summed E-state index contributed by atoms with van der Waals surface area (Å²) in [6.45, 7) is 4.21. The lowest BCUT2D eigenvalue weighted by Gasteiger charge is -2.02. The molecule has 0 bridgehead atoms. The van der Waals surface area contributed by atoms with Crippen LogP contribution in [0.2, 0.25) is 0 Å². The fraction of sp³-hybridized carbons (Fsp3) is 0.400. The molecular formula is C10H15N. The van der Waals surface area contributed by atoms with E-state index in [4.69, 9.17) is 5.73 Å². The lowest BCUT2D eigenvalue weighted by molar-refractivity contribution is 0.951. The molecule has 1 aliphatic rings. The van der Waals surface area contributed by atoms with Gasteiger partial charge in [0.2, 0.25) is 0 Å². The maximum absolute atomic E-state index is 5.81. The molecule has 0 fully saturated rings. The molecule has 1 rings (SSSR count). The van der Waals surface area contributed by atoms with Crippen LogP contribution in [0.15, 0.2) is 35.5 Å². The first kappa shape index (κ1) is 8.28. The van der Waals surface area contributed by atoms with Crippen LogP contribution in [-0.4, -0.2) is 6.04 Å². The van der Waals surface area contributed by atoms with Crippen LogP contribution in [-0.2, 0) is 0 Å². The number of allylic oxidation sites excluding steroid dienone is 4. The van der Waals surface area contributed by atoms with Gasteiger partial charge in [-0.1, -0.05) is 36.8 Å². The van der Waals surface area contributed by atoms with Crippen LogP contribution in [0.5, 0.6) is 0 Å². The third-order valence-corrected chi connectivity index (χ3v) is 2.01. The van der Waals surface area contributed by atoms with Gasteiger partial charge in [0.1, 0.15) is 0 Å². The van der Waals surface area contributed by atoms with Crippen LogP contribution in [0.3, 0.4) is 0 Å². The van der Waals surface area contributed by atoms with Crippen molar-refractivity contribution in [3.8, 4) is 0 Å². The smallest absolute Gasteiger partial charge is 0.0443 e. The van der Waals surface area contributed by atoms with Crippen molar-refractivity contribution in [3.05, 3.63) is 35.5 Å². The van der Waals surface area contributed by atoms with Crippen molar-refractivity contribution < 1.29 is 0 Å². The minimum Gasteiger partial charge on any atom is -0.321 e. The quantitative estimate of drug-likeness (QED) is 0.607. The fourth-order valence-corrected chi connectivity index (χ4v) is 1.02. The number of nitrogens with two attached hydrogens (primary N) is 1. The van der Waals surface area contributed by atoms with Gasteiger partial charge in [-0.3, -0.25) is 0 Å². The van der Waals surface area contributed by atoms with Crippen molar-refractivity contribution in [3.63, 3.8) is 0 Å². The zero-order valence-electron chi connectivity index (χ0n) is 7.17. The second-order valence-electron chi connectivity index (χ2n) is 2.89. The predicted octanol–water partition coefficient (Wildman–Crippen LogP) is 2.17. The molecule has 0 radical (unpaired) electrons. The molecule has 0 aromatic carbocycles. The van der Waals surface area contributed by atoms with Gasteiger partial charge >= 0.3 is 0 Å². The first-order valence-corrected chi connectivity index (χ1v) is 4.05. The number of hydrogen-bond donors (Lipinski definition) is 1. The monoisotopic (exact) mass is 149 g/mol. The van der Waals surface area contributed by atoms with Gasteiger partial charge in [0.25, 0.3) is 0 Å². The highest BCUT2D eigenvalue weighted by atomic mass is 14.6. The highest BCUT2D eigenvalue weighted by Crippen LogP contribution is 2.11. The molecule has 1 atom stereocenters. The second kappa shape index (κ2) is 3.54. The normalized spacial score (nSPS) is 24.1. The predicted molar refractivity (Wildman–Crippen MR) is 49.2 cm³/mol. The van der Waals surface area contributed by atoms with Crippen molar-refractivity contribution in [1.82, 2.24) is 0 Å². The molecule has 1 aliphatic carbocycles. The second-order valence-corrected chi connectivity index (χ2v) is 2.89. The Kier molecular flexibility index (Phi) is 2.66. The van der Waals surface area contributed by atoms with Crippen LogP contribution in [0.25, 0.3) is 0 Å². The largest absolute Gasteiger partial charge is 0.321 e. The zero-order valence-corrected chi connectivity index (χ0v) is 7.17. The van der Waals surface area contributed by atoms with E-state index in [0.717, 1.165) is 6.42 Å². The topological polar surface area (TPSA) is 26.0 Å². The summed E-state index contributed by atoms with van der Waals surface area (Å²) in [5.74, 6) is 0. The molecule has 0 saturated carbocycles. The summed E-state index contributed by atoms with van der Waals surface area (Å²) in [4.78, 5) is 0. The van der Waals surface area contributed by atoms with Crippen molar-refractivity contribution in [1.29, 1.82) is 0 Å². The summed E-state index contributed by atoms with van der Waals surface area (Å²) >= 11 is 0. The molecule has 0 amide bonds. The standard InChI is InChI=1S/C10H15N/c1-3-9-5-4-8(2)10(11)7-6-9/h4-7,10H,3,11H2,1-2H3. The molecule has 0 aromatic rings. The van der Waals surface area contributed by atoms with E-state index < -0.39 is 0 Å². The van der Waals surface area contributed by atoms with E-state index in [1.807, 2.05) is 6.08 Å². The summed E-state index contributed by atoms with van der Waals surface area (Å²) in [6, 6.07) is 0.107. The minimum atomic E-state index is 0.107. The molecule has 1 heteroatoms. The SMILES string of the molecule is CCC1=CC=C(C)C(N)C=C1. The molecule has 0 heterocycles. The van der Waals surface area contributed by atoms with Crippen LogP contribution >= 0.6 is 0 Å². The number of hydrogen-bond acceptors (Lipinski definition) is 1. The van der Waals surface area contributed by atoms with Gasteiger partial charge < -0.3 is 5.73 Å². The summed E-state index contributed by atoms with van der Waals surface area (Å²) in [7, 11) is 0. The molecule has 1 unspecified atom stereocenters. The van der Waals surface area contributed by atoms with E-state index in [1.54, 1.807) is 0 Å². The zero-order chi connectivity index (χ0) is 8.27. The van der Waals surface area contributed by atoms with Crippen LogP contribution in [0, 0.1) is 0 Å². The maximum Gasteiger partial charge on any atom is 0.0443 e.